The van der Waals surface area contributed by atoms with Crippen molar-refractivity contribution in [3.05, 3.63) is 17.7 Å². The maximum absolute atomic E-state index is 13.1. The zero-order valence-electron chi connectivity index (χ0n) is 20.1. The van der Waals surface area contributed by atoms with Crippen molar-refractivity contribution < 1.29 is 28.9 Å². The molecule has 1 aromatic rings. The summed E-state index contributed by atoms with van der Waals surface area (Å²) >= 11 is 0. The number of aliphatic hydroxyl groups excluding tert-OH is 1. The second kappa shape index (κ2) is 11.0. The van der Waals surface area contributed by atoms with Crippen LogP contribution in [0.4, 0.5) is 10.5 Å². The van der Waals surface area contributed by atoms with Crippen LogP contribution in [0, 0.1) is 5.92 Å². The van der Waals surface area contributed by atoms with Crippen LogP contribution in [0.2, 0.25) is 0 Å². The first-order valence-electron chi connectivity index (χ1n) is 11.8. The van der Waals surface area contributed by atoms with Crippen LogP contribution in [-0.4, -0.2) is 73.1 Å². The Kier molecular flexibility index (Phi) is 8.29. The summed E-state index contributed by atoms with van der Waals surface area (Å²) < 4.78 is 17.0. The van der Waals surface area contributed by atoms with Crippen LogP contribution in [0.25, 0.3) is 0 Å². The summed E-state index contributed by atoms with van der Waals surface area (Å²) in [6.45, 7) is 10.2. The first-order valence-corrected chi connectivity index (χ1v) is 11.8. The lowest BCUT2D eigenvalue weighted by molar-refractivity contribution is -0.0122. The Morgan fingerprint density at radius 1 is 1.24 bits per heavy atom. The normalized spacial score (nSPS) is 20.6. The Bertz CT molecular complexity index is 838. The van der Waals surface area contributed by atoms with Gasteiger partial charge >= 0.3 is 6.09 Å². The number of hydrogen-bond acceptors (Lipinski definition) is 7. The van der Waals surface area contributed by atoms with Gasteiger partial charge in [0.1, 0.15) is 5.60 Å². The van der Waals surface area contributed by atoms with Gasteiger partial charge < -0.3 is 34.9 Å². The molecule has 0 spiro atoms. The fourth-order valence-corrected chi connectivity index (χ4v) is 3.84. The van der Waals surface area contributed by atoms with Crippen LogP contribution in [0.5, 0.6) is 11.5 Å². The van der Waals surface area contributed by atoms with E-state index in [9.17, 15) is 14.7 Å². The van der Waals surface area contributed by atoms with E-state index in [1.54, 1.807) is 6.07 Å². The van der Waals surface area contributed by atoms with Crippen molar-refractivity contribution in [1.82, 2.24) is 10.2 Å². The quantitative estimate of drug-likeness (QED) is 0.595. The van der Waals surface area contributed by atoms with E-state index in [-0.39, 0.29) is 18.4 Å². The number of ether oxygens (including phenoxy) is 3. The van der Waals surface area contributed by atoms with Crippen LogP contribution < -0.4 is 20.1 Å². The Hall–Kier alpha value is -2.68. The van der Waals surface area contributed by atoms with Crippen molar-refractivity contribution in [3.8, 4) is 11.5 Å². The summed E-state index contributed by atoms with van der Waals surface area (Å²) in [6.07, 6.45) is 1.09. The topological polar surface area (TPSA) is 109 Å². The zero-order valence-corrected chi connectivity index (χ0v) is 20.1. The number of piperidine rings is 1. The number of hydrogen-bond donors (Lipinski definition) is 3. The number of fused-ring (bicyclic) bond motifs is 1. The Balaban J connectivity index is 1.63. The molecular weight excluding hydrogens is 426 g/mol. The van der Waals surface area contributed by atoms with Crippen molar-refractivity contribution in [2.24, 2.45) is 5.92 Å². The number of nitrogens with one attached hydrogen (secondary N) is 2. The largest absolute Gasteiger partial charge is 0.489 e. The SMILES string of the molecule is CCCNc1cc2c(c(C(=O)NCC3CCN(C(=O)OC(C)(C)C)CC3O)c1)OCCCO2. The maximum atomic E-state index is 13.1. The van der Waals surface area contributed by atoms with Gasteiger partial charge in [0.05, 0.1) is 31.4 Å². The predicted octanol–water partition coefficient (Wildman–Crippen LogP) is 3.02. The Morgan fingerprint density at radius 3 is 2.70 bits per heavy atom. The summed E-state index contributed by atoms with van der Waals surface area (Å²) in [5, 5.41) is 16.8. The molecular formula is C24H37N3O6. The molecule has 0 radical (unpaired) electrons. The van der Waals surface area contributed by atoms with E-state index in [2.05, 4.69) is 17.6 Å². The minimum atomic E-state index is -0.749. The van der Waals surface area contributed by atoms with Gasteiger partial charge in [0, 0.05) is 43.7 Å². The van der Waals surface area contributed by atoms with Gasteiger partial charge in [0.25, 0.3) is 5.91 Å². The fraction of sp³-hybridized carbons (Fsp3) is 0.667. The molecule has 2 atom stereocenters. The molecule has 9 heteroatoms. The molecule has 1 aromatic carbocycles. The van der Waals surface area contributed by atoms with Crippen LogP contribution in [-0.2, 0) is 4.74 Å². The van der Waals surface area contributed by atoms with Crippen molar-refractivity contribution in [2.75, 3.05) is 44.7 Å². The molecule has 3 N–H and O–H groups in total. The molecule has 1 fully saturated rings. The van der Waals surface area contributed by atoms with Gasteiger partial charge in [0.2, 0.25) is 0 Å². The number of likely N-dealkylation sites (tertiary alicyclic amines) is 1. The van der Waals surface area contributed by atoms with Crippen LogP contribution in [0.3, 0.4) is 0 Å². The van der Waals surface area contributed by atoms with E-state index < -0.39 is 17.8 Å². The lowest BCUT2D eigenvalue weighted by Gasteiger charge is -2.36. The summed E-state index contributed by atoms with van der Waals surface area (Å²) in [6, 6.07) is 3.64. The third kappa shape index (κ3) is 6.90. The lowest BCUT2D eigenvalue weighted by atomic mass is 9.94. The number of rotatable bonds is 6. The predicted molar refractivity (Wildman–Crippen MR) is 125 cm³/mol. The highest BCUT2D eigenvalue weighted by atomic mass is 16.6. The van der Waals surface area contributed by atoms with Gasteiger partial charge in [0.15, 0.2) is 11.5 Å². The fourth-order valence-electron chi connectivity index (χ4n) is 3.84. The molecule has 9 nitrogen and oxygen atoms in total. The standard InChI is InChI=1S/C24H37N3O6/c1-5-8-25-17-12-18(21-20(13-17)31-10-6-11-32-21)22(29)26-14-16-7-9-27(15-19(16)28)23(30)33-24(2,3)4/h12-13,16,19,25,28H,5-11,14-15H2,1-4H3,(H,26,29). The van der Waals surface area contributed by atoms with Gasteiger partial charge in [-0.2, -0.15) is 0 Å². The molecule has 2 aliphatic rings. The summed E-state index contributed by atoms with van der Waals surface area (Å²) in [7, 11) is 0. The summed E-state index contributed by atoms with van der Waals surface area (Å²) in [5.74, 6) is 0.570. The number of carbonyl (C=O) groups excluding carboxylic acids is 2. The highest BCUT2D eigenvalue weighted by molar-refractivity contribution is 5.99. The number of β-amino-alcohol motifs (C(OH)–C–C–N with tert-alkyl or cyclic N) is 1. The van der Waals surface area contributed by atoms with Crippen molar-refractivity contribution in [2.45, 2.75) is 58.7 Å². The number of benzene rings is 1. The Labute approximate surface area is 195 Å². The van der Waals surface area contributed by atoms with E-state index in [4.69, 9.17) is 14.2 Å². The van der Waals surface area contributed by atoms with E-state index >= 15 is 0 Å². The summed E-state index contributed by atoms with van der Waals surface area (Å²) in [4.78, 5) is 26.9. The van der Waals surface area contributed by atoms with Gasteiger partial charge in [-0.1, -0.05) is 6.92 Å². The second-order valence-electron chi connectivity index (χ2n) is 9.58. The highest BCUT2D eigenvalue weighted by Gasteiger charge is 2.33. The van der Waals surface area contributed by atoms with Gasteiger partial charge in [-0.15, -0.1) is 0 Å². The molecule has 3 rings (SSSR count). The highest BCUT2D eigenvalue weighted by Crippen LogP contribution is 2.36. The molecule has 2 unspecified atom stereocenters. The summed E-state index contributed by atoms with van der Waals surface area (Å²) in [5.41, 5.74) is 0.627. The molecule has 184 valence electrons. The Morgan fingerprint density at radius 2 is 2.00 bits per heavy atom. The first-order chi connectivity index (χ1) is 15.7. The molecule has 2 amide bonds. The minimum absolute atomic E-state index is 0.162. The molecule has 1 saturated heterocycles. The monoisotopic (exact) mass is 463 g/mol. The van der Waals surface area contributed by atoms with E-state index in [0.717, 1.165) is 25.1 Å². The molecule has 0 aliphatic carbocycles. The van der Waals surface area contributed by atoms with Gasteiger partial charge in [-0.25, -0.2) is 4.79 Å². The molecule has 0 bridgehead atoms. The first kappa shape index (κ1) is 25.0. The second-order valence-corrected chi connectivity index (χ2v) is 9.58. The van der Waals surface area contributed by atoms with Gasteiger partial charge in [-0.05, 0) is 39.7 Å². The van der Waals surface area contributed by atoms with E-state index in [1.165, 1.54) is 4.90 Å². The third-order valence-electron chi connectivity index (χ3n) is 5.57. The number of nitrogens with zero attached hydrogens (tertiary/aromatic N) is 1. The minimum Gasteiger partial charge on any atom is -0.489 e. The van der Waals surface area contributed by atoms with Gasteiger partial charge in [-0.3, -0.25) is 4.79 Å². The molecule has 33 heavy (non-hydrogen) atoms. The van der Waals surface area contributed by atoms with E-state index in [0.29, 0.717) is 49.8 Å². The molecule has 0 aromatic heterocycles. The smallest absolute Gasteiger partial charge is 0.410 e. The van der Waals surface area contributed by atoms with E-state index in [1.807, 2.05) is 26.8 Å². The third-order valence-corrected chi connectivity index (χ3v) is 5.57. The van der Waals surface area contributed by atoms with Crippen LogP contribution in [0.15, 0.2) is 12.1 Å². The average Bonchev–Trinajstić information content (AvgIpc) is 3.00. The van der Waals surface area contributed by atoms with Crippen molar-refractivity contribution >= 4 is 17.7 Å². The maximum Gasteiger partial charge on any atom is 0.410 e. The number of anilines is 1. The number of aliphatic hydroxyl groups is 1. The van der Waals surface area contributed by atoms with Crippen LogP contribution in [0.1, 0.15) is 57.3 Å². The number of amides is 2. The lowest BCUT2D eigenvalue weighted by Crippen LogP contribution is -2.50. The molecule has 2 heterocycles. The van der Waals surface area contributed by atoms with Crippen LogP contribution >= 0.6 is 0 Å². The number of carbonyl (C=O) groups is 2. The molecule has 0 saturated carbocycles. The zero-order chi connectivity index (χ0) is 24.0. The van der Waals surface area contributed by atoms with Crippen molar-refractivity contribution in [1.29, 1.82) is 0 Å². The molecule has 2 aliphatic heterocycles. The average molecular weight is 464 g/mol. The van der Waals surface area contributed by atoms with Crippen molar-refractivity contribution in [3.63, 3.8) is 0 Å².